The highest BCUT2D eigenvalue weighted by Gasteiger charge is 1.98. The van der Waals surface area contributed by atoms with Gasteiger partial charge in [-0.25, -0.2) is 4.79 Å². The molecular weight excluding hydrogens is 188 g/mol. The molecule has 78 valence electrons. The summed E-state index contributed by atoms with van der Waals surface area (Å²) in [5.74, 6) is 5.22. The van der Waals surface area contributed by atoms with E-state index in [0.717, 1.165) is 18.4 Å². The zero-order valence-electron chi connectivity index (χ0n) is 9.04. The maximum atomic E-state index is 11.2. The quantitative estimate of drug-likeness (QED) is 0.319. The second-order valence-electron chi connectivity index (χ2n) is 3.25. The summed E-state index contributed by atoms with van der Waals surface area (Å²) < 4.78 is 5.00. The first-order valence-electron chi connectivity index (χ1n) is 4.99. The van der Waals surface area contributed by atoms with Gasteiger partial charge in [-0.15, -0.1) is 0 Å². The van der Waals surface area contributed by atoms with Gasteiger partial charge in [0, 0.05) is 12.3 Å². The monoisotopic (exact) mass is 202 g/mol. The highest BCUT2D eigenvalue weighted by atomic mass is 16.5. The van der Waals surface area contributed by atoms with Crippen LogP contribution in [0.2, 0.25) is 0 Å². The Labute approximate surface area is 90.3 Å². The maximum Gasteiger partial charge on any atom is 0.389 e. The number of ether oxygens (including phenoxy) is 1. The predicted octanol–water partition coefficient (Wildman–Crippen LogP) is 2.70. The summed E-state index contributed by atoms with van der Waals surface area (Å²) in [5, 5.41) is 0. The van der Waals surface area contributed by atoms with E-state index in [4.69, 9.17) is 4.74 Å². The van der Waals surface area contributed by atoms with Crippen molar-refractivity contribution < 1.29 is 9.53 Å². The Morgan fingerprint density at radius 3 is 2.60 bits per heavy atom. The van der Waals surface area contributed by atoms with Crippen molar-refractivity contribution in [2.45, 2.75) is 26.7 Å². The summed E-state index contributed by atoms with van der Waals surface area (Å²) >= 11 is 0. The average molecular weight is 202 g/mol. The molecule has 0 saturated heterocycles. The van der Waals surface area contributed by atoms with Crippen LogP contribution in [0.15, 0.2) is 24.3 Å². The zero-order valence-corrected chi connectivity index (χ0v) is 9.04. The molecule has 0 aromatic heterocycles. The standard InChI is InChI=1S/C13H14O2/c1-3-4-5-6-13(14)15-12-9-7-11(2)8-10-12/h7-10H,3-4H2,1-2H3. The van der Waals surface area contributed by atoms with Gasteiger partial charge >= 0.3 is 5.97 Å². The fourth-order valence-electron chi connectivity index (χ4n) is 0.999. The first-order chi connectivity index (χ1) is 7.22. The van der Waals surface area contributed by atoms with Gasteiger partial charge in [0.05, 0.1) is 0 Å². The summed E-state index contributed by atoms with van der Waals surface area (Å²) in [4.78, 5) is 11.2. The number of rotatable bonds is 2. The van der Waals surface area contributed by atoms with Crippen LogP contribution >= 0.6 is 0 Å². The predicted molar refractivity (Wildman–Crippen MR) is 59.5 cm³/mol. The second-order valence-corrected chi connectivity index (χ2v) is 3.25. The fraction of sp³-hybridized carbons (Fsp3) is 0.308. The zero-order chi connectivity index (χ0) is 11.1. The molecule has 0 aliphatic rings. The first-order valence-corrected chi connectivity index (χ1v) is 4.99. The third-order valence-corrected chi connectivity index (χ3v) is 1.80. The van der Waals surface area contributed by atoms with E-state index >= 15 is 0 Å². The van der Waals surface area contributed by atoms with Crippen molar-refractivity contribution in [2.24, 2.45) is 0 Å². The van der Waals surface area contributed by atoms with E-state index in [9.17, 15) is 4.79 Å². The van der Waals surface area contributed by atoms with E-state index in [0.29, 0.717) is 5.75 Å². The molecule has 0 amide bonds. The summed E-state index contributed by atoms with van der Waals surface area (Å²) in [6.07, 6.45) is 1.67. The molecule has 15 heavy (non-hydrogen) atoms. The molecule has 1 rings (SSSR count). The Kier molecular flexibility index (Phi) is 4.43. The molecule has 0 saturated carbocycles. The largest absolute Gasteiger partial charge is 0.417 e. The lowest BCUT2D eigenvalue weighted by atomic mass is 10.2. The van der Waals surface area contributed by atoms with Gasteiger partial charge in [0.15, 0.2) is 0 Å². The van der Waals surface area contributed by atoms with Crippen molar-refractivity contribution in [2.75, 3.05) is 0 Å². The van der Waals surface area contributed by atoms with Gasteiger partial charge in [-0.3, -0.25) is 0 Å². The molecule has 0 bridgehead atoms. The van der Waals surface area contributed by atoms with Gasteiger partial charge in [-0.1, -0.05) is 30.5 Å². The van der Waals surface area contributed by atoms with Crippen LogP contribution in [0.5, 0.6) is 5.75 Å². The van der Waals surface area contributed by atoms with Crippen LogP contribution in [0.3, 0.4) is 0 Å². The van der Waals surface area contributed by atoms with Crippen molar-refractivity contribution in [3.63, 3.8) is 0 Å². The fourth-order valence-corrected chi connectivity index (χ4v) is 0.999. The Balaban J connectivity index is 2.52. The number of benzene rings is 1. The van der Waals surface area contributed by atoms with E-state index in [2.05, 4.69) is 11.8 Å². The Bertz CT molecular complexity index is 379. The topological polar surface area (TPSA) is 26.3 Å². The van der Waals surface area contributed by atoms with Crippen LogP contribution in [0.4, 0.5) is 0 Å². The minimum absolute atomic E-state index is 0.493. The molecule has 1 aromatic rings. The number of esters is 1. The van der Waals surface area contributed by atoms with Crippen molar-refractivity contribution >= 4 is 5.97 Å². The minimum atomic E-state index is -0.493. The molecule has 1 aromatic carbocycles. The summed E-state index contributed by atoms with van der Waals surface area (Å²) in [6.45, 7) is 3.99. The SMILES string of the molecule is CCCC#CC(=O)Oc1ccc(C)cc1. The number of unbranched alkanes of at least 4 members (excludes halogenated alkanes) is 1. The minimum Gasteiger partial charge on any atom is -0.417 e. The molecule has 0 spiro atoms. The van der Waals surface area contributed by atoms with E-state index in [-0.39, 0.29) is 0 Å². The lowest BCUT2D eigenvalue weighted by Gasteiger charge is -1.99. The average Bonchev–Trinajstić information content (AvgIpc) is 2.22. The Morgan fingerprint density at radius 1 is 1.33 bits per heavy atom. The van der Waals surface area contributed by atoms with Crippen molar-refractivity contribution in [1.82, 2.24) is 0 Å². The lowest BCUT2D eigenvalue weighted by Crippen LogP contribution is -2.04. The van der Waals surface area contributed by atoms with Crippen molar-refractivity contribution in [3.05, 3.63) is 29.8 Å². The van der Waals surface area contributed by atoms with Crippen LogP contribution in [0.1, 0.15) is 25.3 Å². The van der Waals surface area contributed by atoms with E-state index < -0.39 is 5.97 Å². The van der Waals surface area contributed by atoms with Crippen molar-refractivity contribution in [3.8, 4) is 17.6 Å². The molecule has 2 heteroatoms. The van der Waals surface area contributed by atoms with E-state index in [1.165, 1.54) is 0 Å². The van der Waals surface area contributed by atoms with Gasteiger partial charge in [0.1, 0.15) is 5.75 Å². The normalized spacial score (nSPS) is 8.93. The van der Waals surface area contributed by atoms with Crippen molar-refractivity contribution in [1.29, 1.82) is 0 Å². The first kappa shape index (κ1) is 11.3. The molecule has 0 aliphatic heterocycles. The van der Waals surface area contributed by atoms with E-state index in [1.54, 1.807) is 12.1 Å². The highest BCUT2D eigenvalue weighted by Crippen LogP contribution is 2.11. The molecular formula is C13H14O2. The van der Waals surface area contributed by atoms with Crippen LogP contribution in [0.25, 0.3) is 0 Å². The van der Waals surface area contributed by atoms with Crippen LogP contribution in [-0.4, -0.2) is 5.97 Å². The Morgan fingerprint density at radius 2 is 2.00 bits per heavy atom. The molecule has 2 nitrogen and oxygen atoms in total. The summed E-state index contributed by atoms with van der Waals surface area (Å²) in [6, 6.07) is 7.30. The molecule has 0 N–H and O–H groups in total. The maximum absolute atomic E-state index is 11.2. The molecule has 0 aliphatic carbocycles. The number of aryl methyl sites for hydroxylation is 1. The highest BCUT2D eigenvalue weighted by molar-refractivity contribution is 5.90. The number of carbonyl (C=O) groups is 1. The lowest BCUT2D eigenvalue weighted by molar-refractivity contribution is -0.128. The number of hydrogen-bond acceptors (Lipinski definition) is 2. The smallest absolute Gasteiger partial charge is 0.389 e. The van der Waals surface area contributed by atoms with Gasteiger partial charge < -0.3 is 4.74 Å². The van der Waals surface area contributed by atoms with Gasteiger partial charge in [-0.05, 0) is 25.5 Å². The van der Waals surface area contributed by atoms with Gasteiger partial charge in [-0.2, -0.15) is 0 Å². The van der Waals surface area contributed by atoms with Crippen LogP contribution in [0, 0.1) is 18.8 Å². The number of carbonyl (C=O) groups excluding carboxylic acids is 1. The summed E-state index contributed by atoms with van der Waals surface area (Å²) in [7, 11) is 0. The molecule has 0 unspecified atom stereocenters. The molecule has 0 heterocycles. The second kappa shape index (κ2) is 5.87. The summed E-state index contributed by atoms with van der Waals surface area (Å²) in [5.41, 5.74) is 1.13. The Hall–Kier alpha value is -1.75. The van der Waals surface area contributed by atoms with E-state index in [1.807, 2.05) is 26.0 Å². The van der Waals surface area contributed by atoms with Gasteiger partial charge in [0.2, 0.25) is 0 Å². The molecule has 0 radical (unpaired) electrons. The van der Waals surface area contributed by atoms with Crippen LogP contribution in [-0.2, 0) is 4.79 Å². The van der Waals surface area contributed by atoms with Crippen LogP contribution < -0.4 is 4.74 Å². The third-order valence-electron chi connectivity index (χ3n) is 1.80. The molecule has 0 atom stereocenters. The third kappa shape index (κ3) is 4.33. The number of hydrogen-bond donors (Lipinski definition) is 0. The molecule has 0 fully saturated rings. The van der Waals surface area contributed by atoms with Gasteiger partial charge in [0.25, 0.3) is 0 Å².